The third-order valence-electron chi connectivity index (χ3n) is 3.87. The number of benzene rings is 1. The van der Waals surface area contributed by atoms with E-state index in [9.17, 15) is 8.42 Å². The highest BCUT2D eigenvalue weighted by atomic mass is 32.2. The molecule has 0 spiro atoms. The van der Waals surface area contributed by atoms with Crippen molar-refractivity contribution in [3.05, 3.63) is 29.8 Å². The van der Waals surface area contributed by atoms with Crippen LogP contribution in [0, 0.1) is 12.8 Å². The Hall–Kier alpha value is -1.07. The second-order valence-electron chi connectivity index (χ2n) is 5.40. The summed E-state index contributed by atoms with van der Waals surface area (Å²) < 4.78 is 27.7. The molecule has 0 N–H and O–H groups in total. The molecule has 0 amide bonds. The molecule has 3 nitrogen and oxygen atoms in total. The highest BCUT2D eigenvalue weighted by Crippen LogP contribution is 2.41. The average molecular weight is 309 g/mol. The molecular formula is C15H19NO2S2. The number of nitrogens with zero attached hydrogens (tertiary/aromatic N) is 1. The number of hydrogen-bond donors (Lipinski definition) is 0. The molecule has 0 aliphatic heterocycles. The lowest BCUT2D eigenvalue weighted by Gasteiger charge is -2.23. The first-order chi connectivity index (χ1) is 9.53. The summed E-state index contributed by atoms with van der Waals surface area (Å²) in [5, 5.41) is 2.07. The van der Waals surface area contributed by atoms with Crippen LogP contribution in [-0.4, -0.2) is 20.7 Å². The zero-order valence-electron chi connectivity index (χ0n) is 11.8. The molecule has 1 aromatic heterocycles. The summed E-state index contributed by atoms with van der Waals surface area (Å²) in [7, 11) is -3.19. The molecule has 0 atom stereocenters. The van der Waals surface area contributed by atoms with E-state index in [0.29, 0.717) is 12.5 Å². The summed E-state index contributed by atoms with van der Waals surface area (Å²) in [6.07, 6.45) is 2.30. The van der Waals surface area contributed by atoms with Crippen molar-refractivity contribution < 1.29 is 8.42 Å². The largest absolute Gasteiger partial charge is 0.260 e. The van der Waals surface area contributed by atoms with Gasteiger partial charge in [0.15, 0.2) is 0 Å². The number of hydrogen-bond acceptors (Lipinski definition) is 3. The van der Waals surface area contributed by atoms with Crippen LogP contribution in [0.5, 0.6) is 0 Å². The van der Waals surface area contributed by atoms with Crippen LogP contribution in [0.15, 0.2) is 24.3 Å². The van der Waals surface area contributed by atoms with Crippen molar-refractivity contribution in [2.75, 3.05) is 16.6 Å². The Bertz CT molecular complexity index is 729. The normalized spacial score (nSPS) is 15.7. The third-order valence-corrected chi connectivity index (χ3v) is 7.01. The van der Waals surface area contributed by atoms with Crippen molar-refractivity contribution in [2.45, 2.75) is 26.7 Å². The molecule has 3 rings (SSSR count). The van der Waals surface area contributed by atoms with Gasteiger partial charge in [0.05, 0.1) is 5.75 Å². The minimum atomic E-state index is -3.19. The van der Waals surface area contributed by atoms with Gasteiger partial charge < -0.3 is 0 Å². The Labute approximate surface area is 124 Å². The third kappa shape index (κ3) is 2.44. The SMILES string of the molecule is CCS(=O)(=O)N(CC1CC1)c1sc2ccccc2c1C. The molecule has 0 saturated heterocycles. The number of sulfonamides is 1. The van der Waals surface area contributed by atoms with Crippen LogP contribution in [0.25, 0.3) is 10.1 Å². The fourth-order valence-corrected chi connectivity index (χ4v) is 5.13. The lowest BCUT2D eigenvalue weighted by atomic mass is 10.2. The standard InChI is InChI=1S/C15H19NO2S2/c1-3-20(17,18)16(10-12-8-9-12)15-11(2)13-6-4-5-7-14(13)19-15/h4-7,12H,3,8-10H2,1-2H3. The van der Waals surface area contributed by atoms with Crippen molar-refractivity contribution in [3.63, 3.8) is 0 Å². The predicted octanol–water partition coefficient (Wildman–Crippen LogP) is 3.78. The van der Waals surface area contributed by atoms with Gasteiger partial charge in [-0.05, 0) is 49.6 Å². The van der Waals surface area contributed by atoms with Crippen molar-refractivity contribution in [2.24, 2.45) is 5.92 Å². The highest BCUT2D eigenvalue weighted by molar-refractivity contribution is 7.93. The van der Waals surface area contributed by atoms with E-state index >= 15 is 0 Å². The maximum atomic E-state index is 12.4. The molecule has 1 aliphatic carbocycles. The van der Waals surface area contributed by atoms with Crippen LogP contribution < -0.4 is 4.31 Å². The van der Waals surface area contributed by atoms with E-state index in [1.807, 2.05) is 19.1 Å². The van der Waals surface area contributed by atoms with E-state index in [0.717, 1.165) is 28.1 Å². The fourth-order valence-electron chi connectivity index (χ4n) is 2.41. The molecule has 0 unspecified atom stereocenters. The zero-order valence-corrected chi connectivity index (χ0v) is 13.4. The van der Waals surface area contributed by atoms with Gasteiger partial charge in [0.1, 0.15) is 5.00 Å². The molecule has 0 radical (unpaired) electrons. The molecule has 5 heteroatoms. The Kier molecular flexibility index (Phi) is 3.50. The summed E-state index contributed by atoms with van der Waals surface area (Å²) in [5.41, 5.74) is 1.09. The Morgan fingerprint density at radius 3 is 2.60 bits per heavy atom. The molecular weight excluding hydrogens is 290 g/mol. The Balaban J connectivity index is 2.10. The second kappa shape index (κ2) is 5.04. The molecule has 1 saturated carbocycles. The predicted molar refractivity (Wildman–Crippen MR) is 86.1 cm³/mol. The topological polar surface area (TPSA) is 37.4 Å². The first kappa shape index (κ1) is 13.9. The minimum absolute atomic E-state index is 0.160. The number of aryl methyl sites for hydroxylation is 1. The van der Waals surface area contributed by atoms with Crippen molar-refractivity contribution in [1.82, 2.24) is 0 Å². The Morgan fingerprint density at radius 1 is 1.30 bits per heavy atom. The molecule has 1 heterocycles. The van der Waals surface area contributed by atoms with E-state index in [1.165, 1.54) is 5.39 Å². The van der Waals surface area contributed by atoms with Crippen LogP contribution in [0.1, 0.15) is 25.3 Å². The molecule has 1 aliphatic rings. The summed E-state index contributed by atoms with van der Waals surface area (Å²) in [5.74, 6) is 0.703. The second-order valence-corrected chi connectivity index (χ2v) is 8.62. The number of thiophene rings is 1. The van der Waals surface area contributed by atoms with Crippen LogP contribution in [0.4, 0.5) is 5.00 Å². The summed E-state index contributed by atoms with van der Waals surface area (Å²) in [4.78, 5) is 0. The smallest absolute Gasteiger partial charge is 0.235 e. The molecule has 1 aromatic carbocycles. The summed E-state index contributed by atoms with van der Waals surface area (Å²) >= 11 is 1.59. The van der Waals surface area contributed by atoms with E-state index in [1.54, 1.807) is 22.6 Å². The lowest BCUT2D eigenvalue weighted by molar-refractivity contribution is 0.590. The van der Waals surface area contributed by atoms with Gasteiger partial charge in [0, 0.05) is 11.2 Å². The van der Waals surface area contributed by atoms with Crippen LogP contribution in [0.3, 0.4) is 0 Å². The quantitative estimate of drug-likeness (QED) is 0.843. The fraction of sp³-hybridized carbons (Fsp3) is 0.467. The molecule has 2 aromatic rings. The van der Waals surface area contributed by atoms with Gasteiger partial charge in [-0.2, -0.15) is 0 Å². The van der Waals surface area contributed by atoms with Crippen molar-refractivity contribution in [1.29, 1.82) is 0 Å². The van der Waals surface area contributed by atoms with E-state index in [-0.39, 0.29) is 5.75 Å². The van der Waals surface area contributed by atoms with Crippen LogP contribution >= 0.6 is 11.3 Å². The number of anilines is 1. The number of fused-ring (bicyclic) bond motifs is 1. The molecule has 108 valence electrons. The Morgan fingerprint density at radius 2 is 2.00 bits per heavy atom. The van der Waals surface area contributed by atoms with E-state index < -0.39 is 10.0 Å². The summed E-state index contributed by atoms with van der Waals surface area (Å²) in [6.45, 7) is 4.39. The summed E-state index contributed by atoms with van der Waals surface area (Å²) in [6, 6.07) is 8.13. The molecule has 20 heavy (non-hydrogen) atoms. The maximum absolute atomic E-state index is 12.4. The van der Waals surface area contributed by atoms with Crippen LogP contribution in [-0.2, 0) is 10.0 Å². The maximum Gasteiger partial charge on any atom is 0.235 e. The molecule has 0 bridgehead atoms. The van der Waals surface area contributed by atoms with Gasteiger partial charge in [-0.25, -0.2) is 8.42 Å². The zero-order chi connectivity index (χ0) is 14.3. The van der Waals surface area contributed by atoms with Gasteiger partial charge in [-0.3, -0.25) is 4.31 Å². The van der Waals surface area contributed by atoms with E-state index in [2.05, 4.69) is 12.1 Å². The average Bonchev–Trinajstić information content (AvgIpc) is 3.21. The van der Waals surface area contributed by atoms with Gasteiger partial charge in [-0.15, -0.1) is 11.3 Å². The van der Waals surface area contributed by atoms with Gasteiger partial charge >= 0.3 is 0 Å². The first-order valence-corrected chi connectivity index (χ1v) is 9.44. The van der Waals surface area contributed by atoms with Gasteiger partial charge in [-0.1, -0.05) is 18.2 Å². The monoisotopic (exact) mass is 309 g/mol. The van der Waals surface area contributed by atoms with Gasteiger partial charge in [0.2, 0.25) is 10.0 Å². The lowest BCUT2D eigenvalue weighted by Crippen LogP contribution is -2.34. The number of rotatable bonds is 5. The first-order valence-electron chi connectivity index (χ1n) is 7.01. The van der Waals surface area contributed by atoms with Crippen molar-refractivity contribution >= 4 is 36.4 Å². The molecule has 1 fully saturated rings. The van der Waals surface area contributed by atoms with E-state index in [4.69, 9.17) is 0 Å². The minimum Gasteiger partial charge on any atom is -0.260 e. The highest BCUT2D eigenvalue weighted by Gasteiger charge is 2.32. The van der Waals surface area contributed by atoms with Crippen LogP contribution in [0.2, 0.25) is 0 Å². The van der Waals surface area contributed by atoms with Crippen molar-refractivity contribution in [3.8, 4) is 0 Å². The van der Waals surface area contributed by atoms with Gasteiger partial charge in [0.25, 0.3) is 0 Å².